The summed E-state index contributed by atoms with van der Waals surface area (Å²) in [6.45, 7) is 13.0. The number of imidazole rings is 1. The van der Waals surface area contributed by atoms with Gasteiger partial charge < -0.3 is 10.1 Å². The molecule has 3 rings (SSSR count). The summed E-state index contributed by atoms with van der Waals surface area (Å²) in [5.41, 5.74) is 5.83. The fourth-order valence-electron chi connectivity index (χ4n) is 3.12. The quantitative estimate of drug-likeness (QED) is 0.665. The Kier molecular flexibility index (Phi) is 3.98. The van der Waals surface area contributed by atoms with E-state index < -0.39 is 0 Å². The van der Waals surface area contributed by atoms with Gasteiger partial charge in [0.1, 0.15) is 19.4 Å². The molecule has 1 heterocycles. The van der Waals surface area contributed by atoms with E-state index in [1.54, 1.807) is 0 Å². The van der Waals surface area contributed by atoms with Crippen molar-refractivity contribution >= 4 is 24.3 Å². The van der Waals surface area contributed by atoms with E-state index in [2.05, 4.69) is 72.6 Å². The van der Waals surface area contributed by atoms with Crippen molar-refractivity contribution in [3.8, 4) is 17.1 Å². The SMILES string of the molecule is Bc1cccc2[nH]c(-c3cc(C(C)(C)C)cc(C(C)(C)C)c3O)nc12. The molecule has 0 saturated heterocycles. The van der Waals surface area contributed by atoms with Gasteiger partial charge in [-0.05, 0) is 28.5 Å². The molecule has 0 spiro atoms. The highest BCUT2D eigenvalue weighted by Crippen LogP contribution is 2.41. The molecule has 130 valence electrons. The second-order valence-electron chi connectivity index (χ2n) is 8.98. The number of benzene rings is 2. The lowest BCUT2D eigenvalue weighted by Crippen LogP contribution is -2.17. The average Bonchev–Trinajstić information content (AvgIpc) is 2.90. The van der Waals surface area contributed by atoms with Crippen LogP contribution in [0, 0.1) is 0 Å². The van der Waals surface area contributed by atoms with Crippen LogP contribution >= 0.6 is 0 Å². The molecule has 2 N–H and O–H groups in total. The first-order chi connectivity index (χ1) is 11.5. The van der Waals surface area contributed by atoms with Crippen LogP contribution in [-0.2, 0) is 10.8 Å². The number of aromatic hydroxyl groups is 1. The molecule has 3 aromatic rings. The maximum atomic E-state index is 11.0. The van der Waals surface area contributed by atoms with Crippen molar-refractivity contribution < 1.29 is 5.11 Å². The topological polar surface area (TPSA) is 48.9 Å². The zero-order valence-electron chi connectivity index (χ0n) is 16.3. The smallest absolute Gasteiger partial charge is 0.142 e. The van der Waals surface area contributed by atoms with Crippen LogP contribution in [0.25, 0.3) is 22.4 Å². The predicted octanol–water partition coefficient (Wildman–Crippen LogP) is 3.79. The largest absolute Gasteiger partial charge is 0.507 e. The molecule has 0 aliphatic rings. The molecule has 1 aromatic heterocycles. The van der Waals surface area contributed by atoms with Crippen LogP contribution in [0.3, 0.4) is 0 Å². The third-order valence-corrected chi connectivity index (χ3v) is 4.75. The van der Waals surface area contributed by atoms with Gasteiger partial charge in [0.2, 0.25) is 0 Å². The molecular formula is C21H27BN2O. The maximum Gasteiger partial charge on any atom is 0.142 e. The molecule has 0 aliphatic heterocycles. The second-order valence-corrected chi connectivity index (χ2v) is 8.98. The summed E-state index contributed by atoms with van der Waals surface area (Å²) in [5, 5.41) is 11.0. The van der Waals surface area contributed by atoms with Gasteiger partial charge in [0.15, 0.2) is 0 Å². The fraction of sp³-hybridized carbons (Fsp3) is 0.381. The monoisotopic (exact) mass is 334 g/mol. The van der Waals surface area contributed by atoms with E-state index in [-0.39, 0.29) is 10.8 Å². The number of nitrogens with zero attached hydrogens (tertiary/aromatic N) is 1. The highest BCUT2D eigenvalue weighted by atomic mass is 16.3. The van der Waals surface area contributed by atoms with E-state index in [1.807, 2.05) is 12.1 Å². The van der Waals surface area contributed by atoms with E-state index in [0.717, 1.165) is 33.4 Å². The Morgan fingerprint density at radius 1 is 1.00 bits per heavy atom. The summed E-state index contributed by atoms with van der Waals surface area (Å²) in [6.07, 6.45) is 0. The molecule has 4 heteroatoms. The van der Waals surface area contributed by atoms with E-state index >= 15 is 0 Å². The number of aromatic nitrogens is 2. The van der Waals surface area contributed by atoms with Crippen LogP contribution < -0.4 is 5.46 Å². The fourth-order valence-corrected chi connectivity index (χ4v) is 3.12. The van der Waals surface area contributed by atoms with Gasteiger partial charge in [-0.3, -0.25) is 0 Å². The molecule has 0 atom stereocenters. The van der Waals surface area contributed by atoms with Gasteiger partial charge in [0.25, 0.3) is 0 Å². The molecule has 2 aromatic carbocycles. The first kappa shape index (κ1) is 17.6. The molecule has 0 aliphatic carbocycles. The van der Waals surface area contributed by atoms with Crippen molar-refractivity contribution in [2.45, 2.75) is 52.4 Å². The van der Waals surface area contributed by atoms with Gasteiger partial charge >= 0.3 is 0 Å². The van der Waals surface area contributed by atoms with Crippen LogP contribution in [0.4, 0.5) is 0 Å². The third kappa shape index (κ3) is 3.18. The zero-order valence-corrected chi connectivity index (χ0v) is 16.3. The number of rotatable bonds is 1. The Hall–Kier alpha value is -2.23. The van der Waals surface area contributed by atoms with E-state index in [9.17, 15) is 5.11 Å². The van der Waals surface area contributed by atoms with Crippen LogP contribution in [0.15, 0.2) is 30.3 Å². The number of aromatic amines is 1. The Bertz CT molecular complexity index is 943. The van der Waals surface area contributed by atoms with Gasteiger partial charge in [0, 0.05) is 5.56 Å². The summed E-state index contributed by atoms with van der Waals surface area (Å²) in [5.74, 6) is 1.04. The Labute approximate surface area is 150 Å². The van der Waals surface area contributed by atoms with E-state index in [0.29, 0.717) is 5.75 Å². The first-order valence-electron chi connectivity index (χ1n) is 8.82. The summed E-state index contributed by atoms with van der Waals surface area (Å²) in [4.78, 5) is 8.15. The number of phenolic OH excluding ortho intramolecular Hbond substituents is 1. The minimum Gasteiger partial charge on any atom is -0.507 e. The number of hydrogen-bond donors (Lipinski definition) is 2. The lowest BCUT2D eigenvalue weighted by atomic mass is 9.79. The molecule has 0 saturated carbocycles. The van der Waals surface area contributed by atoms with Gasteiger partial charge in [-0.1, -0.05) is 65.2 Å². The lowest BCUT2D eigenvalue weighted by Gasteiger charge is -2.27. The summed E-state index contributed by atoms with van der Waals surface area (Å²) in [6, 6.07) is 10.3. The average molecular weight is 334 g/mol. The standard InChI is InChI=1S/C21H27BN2O/c1-20(2,3)12-10-13(18(25)14(11-12)21(4,5)6)19-23-16-9-7-8-15(22)17(16)24-19/h7-11,25H,22H2,1-6H3,(H,23,24). The number of nitrogens with one attached hydrogen (secondary N) is 1. The summed E-state index contributed by atoms with van der Waals surface area (Å²) >= 11 is 0. The van der Waals surface area contributed by atoms with Crippen molar-refractivity contribution in [1.29, 1.82) is 0 Å². The van der Waals surface area contributed by atoms with Crippen LogP contribution in [0.5, 0.6) is 5.75 Å². The number of fused-ring (bicyclic) bond motifs is 1. The minimum atomic E-state index is -0.151. The highest BCUT2D eigenvalue weighted by molar-refractivity contribution is 6.38. The molecule has 0 unspecified atom stereocenters. The molecule has 0 amide bonds. The minimum absolute atomic E-state index is 0.00954. The van der Waals surface area contributed by atoms with Gasteiger partial charge in [-0.2, -0.15) is 0 Å². The van der Waals surface area contributed by atoms with Crippen LogP contribution in [-0.4, -0.2) is 22.9 Å². The molecular weight excluding hydrogens is 307 g/mol. The summed E-state index contributed by atoms with van der Waals surface area (Å²) in [7, 11) is 2.05. The van der Waals surface area contributed by atoms with E-state index in [4.69, 9.17) is 4.98 Å². The van der Waals surface area contributed by atoms with Crippen molar-refractivity contribution in [3.63, 3.8) is 0 Å². The lowest BCUT2D eigenvalue weighted by molar-refractivity contribution is 0.446. The third-order valence-electron chi connectivity index (χ3n) is 4.75. The number of H-pyrrole nitrogens is 1. The summed E-state index contributed by atoms with van der Waals surface area (Å²) < 4.78 is 0. The second kappa shape index (κ2) is 5.65. The Balaban J connectivity index is 2.32. The van der Waals surface area contributed by atoms with Gasteiger partial charge in [0.05, 0.1) is 16.6 Å². The van der Waals surface area contributed by atoms with Crippen LogP contribution in [0.2, 0.25) is 0 Å². The van der Waals surface area contributed by atoms with Crippen molar-refractivity contribution in [2.24, 2.45) is 0 Å². The van der Waals surface area contributed by atoms with Crippen molar-refractivity contribution in [2.75, 3.05) is 0 Å². The molecule has 0 radical (unpaired) electrons. The maximum absolute atomic E-state index is 11.0. The molecule has 0 bridgehead atoms. The van der Waals surface area contributed by atoms with Crippen LogP contribution in [0.1, 0.15) is 52.7 Å². The first-order valence-corrected chi connectivity index (χ1v) is 8.82. The predicted molar refractivity (Wildman–Crippen MR) is 109 cm³/mol. The van der Waals surface area contributed by atoms with E-state index in [1.165, 1.54) is 5.56 Å². The van der Waals surface area contributed by atoms with Crippen molar-refractivity contribution in [3.05, 3.63) is 41.5 Å². The Morgan fingerprint density at radius 3 is 2.24 bits per heavy atom. The Morgan fingerprint density at radius 2 is 1.68 bits per heavy atom. The molecule has 25 heavy (non-hydrogen) atoms. The van der Waals surface area contributed by atoms with Gasteiger partial charge in [-0.25, -0.2) is 4.98 Å². The normalized spacial score (nSPS) is 12.7. The number of phenols is 1. The number of para-hydroxylation sites is 1. The number of hydrogen-bond acceptors (Lipinski definition) is 2. The molecule has 0 fully saturated rings. The van der Waals surface area contributed by atoms with Crippen molar-refractivity contribution in [1.82, 2.24) is 9.97 Å². The zero-order chi connectivity index (χ0) is 18.6. The highest BCUT2D eigenvalue weighted by Gasteiger charge is 2.26. The van der Waals surface area contributed by atoms with Gasteiger partial charge in [-0.15, -0.1) is 0 Å². The molecule has 3 nitrogen and oxygen atoms in total.